The largest absolute Gasteiger partial charge is 0.466 e. The summed E-state index contributed by atoms with van der Waals surface area (Å²) in [6.45, 7) is 1.92. The minimum atomic E-state index is -0.689. The maximum Gasteiger partial charge on any atom is 0.309 e. The molecule has 0 radical (unpaired) electrons. The molecule has 0 unspecified atom stereocenters. The van der Waals surface area contributed by atoms with E-state index in [-0.39, 0.29) is 19.4 Å². The Bertz CT molecular complexity index is 350. The van der Waals surface area contributed by atoms with Crippen molar-refractivity contribution in [2.45, 2.75) is 25.9 Å². The van der Waals surface area contributed by atoms with E-state index in [1.807, 2.05) is 0 Å². The van der Waals surface area contributed by atoms with Gasteiger partial charge >= 0.3 is 5.97 Å². The van der Waals surface area contributed by atoms with Gasteiger partial charge < -0.3 is 9.84 Å². The lowest BCUT2D eigenvalue weighted by Crippen LogP contribution is -2.34. The molecular weight excluding hydrogens is 224 g/mol. The molecule has 6 nitrogen and oxygen atoms in total. The predicted octanol–water partition coefficient (Wildman–Crippen LogP) is -0.124. The second-order valence-electron chi connectivity index (χ2n) is 4.09. The first-order chi connectivity index (χ1) is 8.01. The Balaban J connectivity index is 2.79. The Morgan fingerprint density at radius 3 is 2.59 bits per heavy atom. The van der Waals surface area contributed by atoms with Crippen molar-refractivity contribution in [1.29, 1.82) is 5.26 Å². The molecule has 1 fully saturated rings. The summed E-state index contributed by atoms with van der Waals surface area (Å²) in [4.78, 5) is 24.3. The highest BCUT2D eigenvalue weighted by molar-refractivity contribution is 5.86. The number of ether oxygens (including phenoxy) is 1. The van der Waals surface area contributed by atoms with Crippen LogP contribution in [0.1, 0.15) is 19.8 Å². The summed E-state index contributed by atoms with van der Waals surface area (Å²) >= 11 is 0. The number of hydrogen-bond acceptors (Lipinski definition) is 5. The summed E-state index contributed by atoms with van der Waals surface area (Å²) < 4.78 is 4.86. The fourth-order valence-electron chi connectivity index (χ4n) is 2.09. The molecule has 0 spiro atoms. The highest BCUT2D eigenvalue weighted by Gasteiger charge is 2.44. The van der Waals surface area contributed by atoms with E-state index < -0.39 is 29.8 Å². The Labute approximate surface area is 99.8 Å². The second-order valence-corrected chi connectivity index (χ2v) is 4.09. The third kappa shape index (κ3) is 2.94. The molecule has 17 heavy (non-hydrogen) atoms. The van der Waals surface area contributed by atoms with Crippen LogP contribution in [0.4, 0.5) is 0 Å². The maximum atomic E-state index is 11.8. The van der Waals surface area contributed by atoms with Crippen molar-refractivity contribution < 1.29 is 19.4 Å². The zero-order valence-electron chi connectivity index (χ0n) is 9.92. The second kappa shape index (κ2) is 5.64. The first-order valence-corrected chi connectivity index (χ1v) is 5.53. The first kappa shape index (κ1) is 13.5. The molecule has 3 atom stereocenters. The van der Waals surface area contributed by atoms with E-state index in [9.17, 15) is 14.7 Å². The van der Waals surface area contributed by atoms with Gasteiger partial charge in [-0.1, -0.05) is 0 Å². The minimum Gasteiger partial charge on any atom is -0.466 e. The number of hydrogen-bond donors (Lipinski definition) is 1. The molecule has 0 aromatic heterocycles. The zero-order chi connectivity index (χ0) is 13.0. The average Bonchev–Trinajstić information content (AvgIpc) is 2.69. The minimum absolute atomic E-state index is 0.203. The number of nitriles is 1. The molecule has 0 saturated heterocycles. The van der Waals surface area contributed by atoms with Gasteiger partial charge in [0.05, 0.1) is 24.5 Å². The van der Waals surface area contributed by atoms with Crippen LogP contribution in [0.2, 0.25) is 0 Å². The first-order valence-electron chi connectivity index (χ1n) is 5.53. The third-order valence-corrected chi connectivity index (χ3v) is 2.92. The lowest BCUT2D eigenvalue weighted by atomic mass is 9.95. The molecule has 94 valence electrons. The third-order valence-electron chi connectivity index (χ3n) is 2.92. The molecule has 1 saturated carbocycles. The van der Waals surface area contributed by atoms with Gasteiger partial charge in [0.2, 0.25) is 5.91 Å². The lowest BCUT2D eigenvalue weighted by Gasteiger charge is -2.18. The van der Waals surface area contributed by atoms with E-state index >= 15 is 0 Å². The van der Waals surface area contributed by atoms with Gasteiger partial charge in [-0.25, -0.2) is 0 Å². The summed E-state index contributed by atoms with van der Waals surface area (Å²) in [5, 5.41) is 18.2. The average molecular weight is 240 g/mol. The van der Waals surface area contributed by atoms with Crippen molar-refractivity contribution in [3.63, 3.8) is 0 Å². The fourth-order valence-corrected chi connectivity index (χ4v) is 2.09. The highest BCUT2D eigenvalue weighted by Crippen LogP contribution is 2.34. The van der Waals surface area contributed by atoms with Crippen LogP contribution in [0.15, 0.2) is 0 Å². The monoisotopic (exact) mass is 240 g/mol. The lowest BCUT2D eigenvalue weighted by molar-refractivity contribution is -0.152. The van der Waals surface area contributed by atoms with Crippen molar-refractivity contribution in [1.82, 2.24) is 4.90 Å². The molecular formula is C11H16N2O4. The van der Waals surface area contributed by atoms with Gasteiger partial charge in [0.15, 0.2) is 6.19 Å². The highest BCUT2D eigenvalue weighted by atomic mass is 16.5. The zero-order valence-corrected chi connectivity index (χ0v) is 9.92. The standard InChI is InChI=1S/C11H16N2O4/c1-3-17-11(16)9-5-7(14)4-8(9)10(15)13(2)6-12/h7-9,14H,3-5H2,1-2H3/t7-,8+,9+/m0/s1. The number of carbonyl (C=O) groups is 2. The van der Waals surface area contributed by atoms with Crippen molar-refractivity contribution >= 4 is 11.9 Å². The maximum absolute atomic E-state index is 11.8. The van der Waals surface area contributed by atoms with Gasteiger partial charge in [0.1, 0.15) is 0 Å². The molecule has 0 heterocycles. The fraction of sp³-hybridized carbons (Fsp3) is 0.727. The van der Waals surface area contributed by atoms with Crippen LogP contribution >= 0.6 is 0 Å². The Morgan fingerprint density at radius 2 is 2.06 bits per heavy atom. The van der Waals surface area contributed by atoms with Gasteiger partial charge in [-0.05, 0) is 19.8 Å². The molecule has 6 heteroatoms. The molecule has 0 aromatic rings. The number of aliphatic hydroxyl groups is 1. The van der Waals surface area contributed by atoms with Crippen LogP contribution in [0, 0.1) is 23.3 Å². The van der Waals surface area contributed by atoms with Crippen molar-refractivity contribution in [3.05, 3.63) is 0 Å². The number of nitrogens with zero attached hydrogens (tertiary/aromatic N) is 2. The van der Waals surface area contributed by atoms with E-state index in [1.165, 1.54) is 7.05 Å². The number of esters is 1. The summed E-state index contributed by atoms with van der Waals surface area (Å²) in [5.41, 5.74) is 0. The van der Waals surface area contributed by atoms with Crippen LogP contribution in [0.5, 0.6) is 0 Å². The number of aliphatic hydroxyl groups excluding tert-OH is 1. The van der Waals surface area contributed by atoms with Crippen LogP contribution < -0.4 is 0 Å². The molecule has 0 bridgehead atoms. The van der Waals surface area contributed by atoms with Gasteiger partial charge in [-0.15, -0.1) is 0 Å². The summed E-state index contributed by atoms with van der Waals surface area (Å²) in [6.07, 6.45) is 1.43. The van der Waals surface area contributed by atoms with Crippen LogP contribution in [-0.2, 0) is 14.3 Å². The molecule has 1 rings (SSSR count). The van der Waals surface area contributed by atoms with E-state index in [0.29, 0.717) is 0 Å². The SMILES string of the molecule is CCOC(=O)[C@@H]1C[C@@H](O)C[C@H]1C(=O)N(C)C#N. The molecule has 1 aliphatic carbocycles. The number of carbonyl (C=O) groups excluding carboxylic acids is 2. The van der Waals surface area contributed by atoms with Gasteiger partial charge in [-0.2, -0.15) is 5.26 Å². The quantitative estimate of drug-likeness (QED) is 0.422. The van der Waals surface area contributed by atoms with E-state index in [0.717, 1.165) is 4.90 Å². The van der Waals surface area contributed by atoms with Crippen LogP contribution in [0.25, 0.3) is 0 Å². The van der Waals surface area contributed by atoms with Crippen molar-refractivity contribution in [2.75, 3.05) is 13.7 Å². The van der Waals surface area contributed by atoms with Crippen molar-refractivity contribution in [3.8, 4) is 6.19 Å². The van der Waals surface area contributed by atoms with E-state index in [1.54, 1.807) is 13.1 Å². The van der Waals surface area contributed by atoms with Crippen molar-refractivity contribution in [2.24, 2.45) is 11.8 Å². The summed E-state index contributed by atoms with van der Waals surface area (Å²) in [6, 6.07) is 0. The molecule has 1 amide bonds. The Hall–Kier alpha value is -1.61. The number of rotatable bonds is 3. The van der Waals surface area contributed by atoms with Gasteiger partial charge in [-0.3, -0.25) is 14.5 Å². The van der Waals surface area contributed by atoms with Crippen LogP contribution in [-0.4, -0.2) is 41.6 Å². The normalized spacial score (nSPS) is 27.3. The topological polar surface area (TPSA) is 90.6 Å². The predicted molar refractivity (Wildman–Crippen MR) is 57.2 cm³/mol. The molecule has 0 aromatic carbocycles. The van der Waals surface area contributed by atoms with Gasteiger partial charge in [0.25, 0.3) is 0 Å². The Morgan fingerprint density at radius 1 is 1.47 bits per heavy atom. The number of amides is 1. The summed E-state index contributed by atoms with van der Waals surface area (Å²) in [5.74, 6) is -2.22. The molecule has 1 aliphatic rings. The molecule has 0 aliphatic heterocycles. The molecule has 1 N–H and O–H groups in total. The Kier molecular flexibility index (Phi) is 4.46. The van der Waals surface area contributed by atoms with Crippen LogP contribution in [0.3, 0.4) is 0 Å². The summed E-state index contributed by atoms with van der Waals surface area (Å²) in [7, 11) is 1.34. The van der Waals surface area contributed by atoms with E-state index in [2.05, 4.69) is 0 Å². The van der Waals surface area contributed by atoms with Gasteiger partial charge in [0, 0.05) is 7.05 Å². The smallest absolute Gasteiger partial charge is 0.309 e. The van der Waals surface area contributed by atoms with E-state index in [4.69, 9.17) is 10.00 Å².